The lowest BCUT2D eigenvalue weighted by molar-refractivity contribution is -0.141. The van der Waals surface area contributed by atoms with Gasteiger partial charge in [0.15, 0.2) is 5.69 Å². The molecule has 3 aromatic heterocycles. The first-order valence-electron chi connectivity index (χ1n) is 8.16. The number of hydrogen-bond acceptors (Lipinski definition) is 6. The Labute approximate surface area is 156 Å². The highest BCUT2D eigenvalue weighted by atomic mass is 19.4. The standard InChI is InChI=1S/C16H16F4N8/c1-4-28-14(17)10(7-22-28)6-21-25-15-23-12(5-13(24-15)16(18,19)20)11-8-27(3)26-9(11)2/h5-8H,4H2,1-3H3,(H,23,24,25). The van der Waals surface area contributed by atoms with Crippen LogP contribution in [0.25, 0.3) is 11.3 Å². The van der Waals surface area contributed by atoms with Crippen molar-refractivity contribution in [1.29, 1.82) is 0 Å². The molecule has 0 aliphatic heterocycles. The maximum Gasteiger partial charge on any atom is 0.433 e. The van der Waals surface area contributed by atoms with E-state index in [1.54, 1.807) is 27.1 Å². The Kier molecular flexibility index (Phi) is 5.12. The summed E-state index contributed by atoms with van der Waals surface area (Å²) in [5.41, 5.74) is 2.23. The summed E-state index contributed by atoms with van der Waals surface area (Å²) in [5.74, 6) is -0.989. The minimum Gasteiger partial charge on any atom is -0.275 e. The van der Waals surface area contributed by atoms with Crippen molar-refractivity contribution in [2.45, 2.75) is 26.6 Å². The number of nitrogens with one attached hydrogen (secondary N) is 1. The summed E-state index contributed by atoms with van der Waals surface area (Å²) in [4.78, 5) is 7.50. The second-order valence-corrected chi connectivity index (χ2v) is 5.84. The summed E-state index contributed by atoms with van der Waals surface area (Å²) < 4.78 is 56.1. The van der Waals surface area contributed by atoms with Gasteiger partial charge in [0.2, 0.25) is 11.9 Å². The van der Waals surface area contributed by atoms with Crippen molar-refractivity contribution in [3.8, 4) is 11.3 Å². The molecule has 148 valence electrons. The molecule has 0 fully saturated rings. The third-order valence-corrected chi connectivity index (χ3v) is 3.77. The van der Waals surface area contributed by atoms with Gasteiger partial charge >= 0.3 is 6.18 Å². The molecule has 0 aliphatic rings. The number of aromatic nitrogens is 6. The van der Waals surface area contributed by atoms with Gasteiger partial charge < -0.3 is 0 Å². The van der Waals surface area contributed by atoms with Crippen molar-refractivity contribution in [3.05, 3.63) is 41.4 Å². The van der Waals surface area contributed by atoms with Crippen molar-refractivity contribution in [2.75, 3.05) is 5.43 Å². The molecule has 0 saturated heterocycles. The number of hydrazone groups is 1. The Morgan fingerprint density at radius 2 is 2.04 bits per heavy atom. The number of anilines is 1. The lowest BCUT2D eigenvalue weighted by Gasteiger charge is -2.09. The zero-order valence-corrected chi connectivity index (χ0v) is 15.2. The molecule has 0 spiro atoms. The topological polar surface area (TPSA) is 85.8 Å². The van der Waals surface area contributed by atoms with E-state index in [4.69, 9.17) is 0 Å². The molecule has 0 unspecified atom stereocenters. The van der Waals surface area contributed by atoms with Crippen molar-refractivity contribution in [3.63, 3.8) is 0 Å². The molecule has 0 bridgehead atoms. The van der Waals surface area contributed by atoms with Crippen LogP contribution in [-0.4, -0.2) is 35.7 Å². The van der Waals surface area contributed by atoms with E-state index >= 15 is 0 Å². The predicted octanol–water partition coefficient (Wildman–Crippen LogP) is 3.01. The zero-order chi connectivity index (χ0) is 20.5. The molecule has 3 heterocycles. The molecule has 0 radical (unpaired) electrons. The third-order valence-electron chi connectivity index (χ3n) is 3.77. The van der Waals surface area contributed by atoms with Gasteiger partial charge in [0.25, 0.3) is 0 Å². The second kappa shape index (κ2) is 7.37. The van der Waals surface area contributed by atoms with E-state index in [0.29, 0.717) is 17.8 Å². The molecular weight excluding hydrogens is 380 g/mol. The largest absolute Gasteiger partial charge is 0.433 e. The van der Waals surface area contributed by atoms with Gasteiger partial charge in [-0.3, -0.25) is 4.68 Å². The fourth-order valence-corrected chi connectivity index (χ4v) is 2.48. The maximum absolute atomic E-state index is 13.9. The lowest BCUT2D eigenvalue weighted by Crippen LogP contribution is -2.11. The van der Waals surface area contributed by atoms with E-state index in [-0.39, 0.29) is 17.2 Å². The van der Waals surface area contributed by atoms with Crippen LogP contribution in [0.5, 0.6) is 0 Å². The Balaban J connectivity index is 1.93. The summed E-state index contributed by atoms with van der Waals surface area (Å²) in [5, 5.41) is 11.6. The van der Waals surface area contributed by atoms with Crippen LogP contribution in [0.2, 0.25) is 0 Å². The normalized spacial score (nSPS) is 12.1. The molecular formula is C16H16F4N8. The highest BCUT2D eigenvalue weighted by Gasteiger charge is 2.34. The van der Waals surface area contributed by atoms with Crippen LogP contribution in [-0.2, 0) is 19.8 Å². The molecule has 0 aromatic carbocycles. The number of halogens is 4. The average molecular weight is 396 g/mol. The van der Waals surface area contributed by atoms with Gasteiger partial charge in [-0.2, -0.15) is 32.9 Å². The van der Waals surface area contributed by atoms with Crippen LogP contribution in [0.3, 0.4) is 0 Å². The molecule has 28 heavy (non-hydrogen) atoms. The lowest BCUT2D eigenvalue weighted by atomic mass is 10.1. The fourth-order valence-electron chi connectivity index (χ4n) is 2.48. The van der Waals surface area contributed by atoms with Gasteiger partial charge in [0, 0.05) is 25.4 Å². The van der Waals surface area contributed by atoms with Crippen molar-refractivity contribution in [1.82, 2.24) is 29.5 Å². The average Bonchev–Trinajstić information content (AvgIpc) is 3.15. The third kappa shape index (κ3) is 4.00. The smallest absolute Gasteiger partial charge is 0.275 e. The number of hydrogen-bond donors (Lipinski definition) is 1. The number of aryl methyl sites for hydroxylation is 3. The quantitative estimate of drug-likeness (QED) is 0.407. The van der Waals surface area contributed by atoms with Gasteiger partial charge in [-0.15, -0.1) is 0 Å². The Morgan fingerprint density at radius 1 is 1.29 bits per heavy atom. The maximum atomic E-state index is 13.9. The van der Waals surface area contributed by atoms with E-state index in [9.17, 15) is 17.6 Å². The van der Waals surface area contributed by atoms with E-state index in [2.05, 4.69) is 30.7 Å². The van der Waals surface area contributed by atoms with Gasteiger partial charge in [-0.05, 0) is 19.9 Å². The van der Waals surface area contributed by atoms with Crippen LogP contribution in [0.4, 0.5) is 23.5 Å². The van der Waals surface area contributed by atoms with Gasteiger partial charge in [-0.25, -0.2) is 20.1 Å². The highest BCUT2D eigenvalue weighted by Crippen LogP contribution is 2.31. The molecule has 0 saturated carbocycles. The van der Waals surface area contributed by atoms with Crippen molar-refractivity contribution >= 4 is 12.2 Å². The number of nitrogens with zero attached hydrogens (tertiary/aromatic N) is 7. The summed E-state index contributed by atoms with van der Waals surface area (Å²) >= 11 is 0. The van der Waals surface area contributed by atoms with E-state index in [0.717, 1.165) is 17.0 Å². The number of alkyl halides is 3. The van der Waals surface area contributed by atoms with Crippen LogP contribution in [0.1, 0.15) is 23.9 Å². The molecule has 12 heteroatoms. The summed E-state index contributed by atoms with van der Waals surface area (Å²) in [7, 11) is 1.65. The zero-order valence-electron chi connectivity index (χ0n) is 15.2. The van der Waals surface area contributed by atoms with Gasteiger partial charge in [0.1, 0.15) is 0 Å². The Bertz CT molecular complexity index is 1020. The van der Waals surface area contributed by atoms with Crippen LogP contribution >= 0.6 is 0 Å². The molecule has 3 aromatic rings. The van der Waals surface area contributed by atoms with Crippen molar-refractivity contribution < 1.29 is 17.6 Å². The first-order chi connectivity index (χ1) is 13.2. The molecule has 0 atom stereocenters. The van der Waals surface area contributed by atoms with Crippen LogP contribution in [0, 0.1) is 12.9 Å². The van der Waals surface area contributed by atoms with Crippen LogP contribution in [0.15, 0.2) is 23.6 Å². The molecule has 8 nitrogen and oxygen atoms in total. The summed E-state index contributed by atoms with van der Waals surface area (Å²) in [6.45, 7) is 3.70. The first-order valence-corrected chi connectivity index (χ1v) is 8.16. The predicted molar refractivity (Wildman–Crippen MR) is 93.0 cm³/mol. The Morgan fingerprint density at radius 3 is 2.61 bits per heavy atom. The van der Waals surface area contributed by atoms with Crippen LogP contribution < -0.4 is 5.43 Å². The SMILES string of the molecule is CCn1ncc(C=NNc2nc(-c3cn(C)nc3C)cc(C(F)(F)F)n2)c1F. The van der Waals surface area contributed by atoms with Crippen molar-refractivity contribution in [2.24, 2.45) is 12.1 Å². The molecule has 0 amide bonds. The Hall–Kier alpha value is -3.31. The first kappa shape index (κ1) is 19.5. The second-order valence-electron chi connectivity index (χ2n) is 5.84. The monoisotopic (exact) mass is 396 g/mol. The molecule has 1 N–H and O–H groups in total. The highest BCUT2D eigenvalue weighted by molar-refractivity contribution is 5.79. The van der Waals surface area contributed by atoms with Gasteiger partial charge in [0.05, 0.1) is 29.4 Å². The molecule has 3 rings (SSSR count). The molecule has 0 aliphatic carbocycles. The summed E-state index contributed by atoms with van der Waals surface area (Å²) in [6, 6.07) is 0.837. The van der Waals surface area contributed by atoms with E-state index < -0.39 is 17.8 Å². The number of rotatable bonds is 5. The summed E-state index contributed by atoms with van der Waals surface area (Å²) in [6.07, 6.45) is -0.781. The minimum atomic E-state index is -4.68. The fraction of sp³-hybridized carbons (Fsp3) is 0.312. The van der Waals surface area contributed by atoms with E-state index in [1.807, 2.05) is 0 Å². The minimum absolute atomic E-state index is 0.0376. The van der Waals surface area contributed by atoms with Gasteiger partial charge in [-0.1, -0.05) is 0 Å². The van der Waals surface area contributed by atoms with E-state index in [1.165, 1.54) is 10.9 Å².